The quantitative estimate of drug-likeness (QED) is 0.350. The summed E-state index contributed by atoms with van der Waals surface area (Å²) in [5.74, 6) is -1.16. The number of aliphatic hydroxyl groups is 1. The Kier molecular flexibility index (Phi) is 3.25. The number of hydrogen-bond donors (Lipinski definition) is 1. The lowest BCUT2D eigenvalue weighted by Crippen LogP contribution is -2.54. The standard InChI is InChI=1S/C18H23NO7/c1-10-18(26-10)8-17(9-24-17)16(2,22)14(20)23-7-11-3-5-19-6-4-12(13(11)19)25-15(18)21/h3,10,12-13,22H,4-9H2,1-2H3/t10-,12+,13+,16-,17-,18?/m0/s1. The van der Waals surface area contributed by atoms with Crippen LogP contribution in [0.4, 0.5) is 0 Å². The molecular weight excluding hydrogens is 342 g/mol. The number of rotatable bonds is 0. The van der Waals surface area contributed by atoms with Crippen molar-refractivity contribution in [3.05, 3.63) is 11.6 Å². The molecule has 4 saturated heterocycles. The summed E-state index contributed by atoms with van der Waals surface area (Å²) in [4.78, 5) is 27.8. The molecule has 4 fully saturated rings. The summed E-state index contributed by atoms with van der Waals surface area (Å²) in [6.07, 6.45) is 2.20. The topological polar surface area (TPSA) is 101 Å². The SMILES string of the molecule is C[C@@H]1OC12C[C@]1(CO1)[C@@](C)(O)C(=O)OCC1=CCN3CC[C@@H](OC2=O)[C@@H]13. The number of ether oxygens (including phenoxy) is 4. The third-order valence-corrected chi connectivity index (χ3v) is 6.70. The van der Waals surface area contributed by atoms with Crippen LogP contribution in [-0.4, -0.2) is 83.3 Å². The van der Waals surface area contributed by atoms with E-state index in [1.165, 1.54) is 6.92 Å². The average molecular weight is 365 g/mol. The van der Waals surface area contributed by atoms with Gasteiger partial charge in [-0.3, -0.25) is 4.90 Å². The fraction of sp³-hybridized carbons (Fsp3) is 0.778. The molecule has 0 aliphatic carbocycles. The van der Waals surface area contributed by atoms with Crippen molar-refractivity contribution in [1.29, 1.82) is 0 Å². The van der Waals surface area contributed by atoms with E-state index in [0.717, 1.165) is 25.1 Å². The van der Waals surface area contributed by atoms with E-state index in [-0.39, 0.29) is 37.9 Å². The molecule has 142 valence electrons. The van der Waals surface area contributed by atoms with Gasteiger partial charge in [0.1, 0.15) is 18.3 Å². The number of nitrogens with zero attached hydrogens (tertiary/aromatic N) is 1. The van der Waals surface area contributed by atoms with Crippen molar-refractivity contribution in [3.63, 3.8) is 0 Å². The van der Waals surface area contributed by atoms with Crippen LogP contribution in [0.2, 0.25) is 0 Å². The van der Waals surface area contributed by atoms with Crippen LogP contribution in [0.5, 0.6) is 0 Å². The predicted molar refractivity (Wildman–Crippen MR) is 86.1 cm³/mol. The van der Waals surface area contributed by atoms with Crippen LogP contribution in [0.15, 0.2) is 11.6 Å². The molecule has 1 N–H and O–H groups in total. The molecular formula is C18H23NO7. The zero-order chi connectivity index (χ0) is 18.3. The molecule has 8 heteroatoms. The Morgan fingerprint density at radius 3 is 2.69 bits per heavy atom. The maximum atomic E-state index is 13.0. The third-order valence-electron chi connectivity index (χ3n) is 6.70. The molecule has 2 spiro atoms. The lowest BCUT2D eigenvalue weighted by molar-refractivity contribution is -0.175. The molecule has 0 saturated carbocycles. The largest absolute Gasteiger partial charge is 0.459 e. The van der Waals surface area contributed by atoms with Crippen molar-refractivity contribution in [2.75, 3.05) is 26.3 Å². The highest BCUT2D eigenvalue weighted by atomic mass is 16.7. The summed E-state index contributed by atoms with van der Waals surface area (Å²) in [6.45, 7) is 4.99. The molecule has 8 nitrogen and oxygen atoms in total. The number of esters is 2. The lowest BCUT2D eigenvalue weighted by atomic mass is 9.80. The van der Waals surface area contributed by atoms with E-state index in [0.29, 0.717) is 0 Å². The highest BCUT2D eigenvalue weighted by Gasteiger charge is 2.73. The maximum absolute atomic E-state index is 13.0. The minimum atomic E-state index is -1.86. The van der Waals surface area contributed by atoms with Crippen molar-refractivity contribution >= 4 is 11.9 Å². The number of carbonyl (C=O) groups is 2. The van der Waals surface area contributed by atoms with Crippen molar-refractivity contribution in [2.24, 2.45) is 0 Å². The van der Waals surface area contributed by atoms with E-state index < -0.39 is 28.7 Å². The predicted octanol–water partition coefficient (Wildman–Crippen LogP) is -0.463. The number of epoxide rings is 2. The first-order chi connectivity index (χ1) is 12.3. The van der Waals surface area contributed by atoms with Crippen LogP contribution in [0.25, 0.3) is 0 Å². The Hall–Kier alpha value is -1.48. The second-order valence-corrected chi connectivity index (χ2v) is 8.21. The van der Waals surface area contributed by atoms with E-state index >= 15 is 0 Å². The Morgan fingerprint density at radius 1 is 1.31 bits per heavy atom. The Labute approximate surface area is 151 Å². The fourth-order valence-corrected chi connectivity index (χ4v) is 4.66. The van der Waals surface area contributed by atoms with Crippen LogP contribution in [0.1, 0.15) is 26.7 Å². The minimum Gasteiger partial charge on any atom is -0.459 e. The molecule has 6 atom stereocenters. The van der Waals surface area contributed by atoms with Crippen LogP contribution < -0.4 is 0 Å². The van der Waals surface area contributed by atoms with Crippen LogP contribution in [0.3, 0.4) is 0 Å². The normalized spacial score (nSPS) is 50.6. The zero-order valence-electron chi connectivity index (χ0n) is 14.9. The molecule has 26 heavy (non-hydrogen) atoms. The zero-order valence-corrected chi connectivity index (χ0v) is 14.9. The van der Waals surface area contributed by atoms with Crippen LogP contribution in [0, 0.1) is 0 Å². The van der Waals surface area contributed by atoms with Gasteiger partial charge in [0.05, 0.1) is 18.8 Å². The van der Waals surface area contributed by atoms with E-state index in [9.17, 15) is 14.7 Å². The van der Waals surface area contributed by atoms with Crippen molar-refractivity contribution in [1.82, 2.24) is 4.90 Å². The summed E-state index contributed by atoms with van der Waals surface area (Å²) >= 11 is 0. The highest BCUT2D eigenvalue weighted by Crippen LogP contribution is 2.53. The van der Waals surface area contributed by atoms with E-state index in [1.807, 2.05) is 6.08 Å². The molecule has 5 aliphatic rings. The molecule has 5 aliphatic heterocycles. The maximum Gasteiger partial charge on any atom is 0.341 e. The fourth-order valence-electron chi connectivity index (χ4n) is 4.66. The number of carbonyl (C=O) groups excluding carboxylic acids is 2. The smallest absolute Gasteiger partial charge is 0.341 e. The Morgan fingerprint density at radius 2 is 2.04 bits per heavy atom. The molecule has 0 amide bonds. The van der Waals surface area contributed by atoms with Crippen LogP contribution >= 0.6 is 0 Å². The van der Waals surface area contributed by atoms with Gasteiger partial charge in [0, 0.05) is 19.5 Å². The van der Waals surface area contributed by atoms with E-state index in [2.05, 4.69) is 4.90 Å². The average Bonchev–Trinajstić information content (AvgIpc) is 3.40. The number of hydrogen-bond acceptors (Lipinski definition) is 8. The van der Waals surface area contributed by atoms with Gasteiger partial charge in [-0.1, -0.05) is 6.08 Å². The Bertz CT molecular complexity index is 712. The van der Waals surface area contributed by atoms with Gasteiger partial charge in [-0.05, 0) is 25.8 Å². The molecule has 5 heterocycles. The summed E-state index contributed by atoms with van der Waals surface area (Å²) < 4.78 is 22.4. The monoisotopic (exact) mass is 365 g/mol. The van der Waals surface area contributed by atoms with Gasteiger partial charge in [0.2, 0.25) is 0 Å². The van der Waals surface area contributed by atoms with E-state index in [4.69, 9.17) is 18.9 Å². The second-order valence-electron chi connectivity index (χ2n) is 8.21. The summed E-state index contributed by atoms with van der Waals surface area (Å²) in [6, 6.07) is -0.0756. The van der Waals surface area contributed by atoms with Gasteiger partial charge in [0.15, 0.2) is 11.2 Å². The first-order valence-electron chi connectivity index (χ1n) is 9.15. The molecule has 0 aromatic rings. The van der Waals surface area contributed by atoms with Gasteiger partial charge >= 0.3 is 11.9 Å². The van der Waals surface area contributed by atoms with Gasteiger partial charge < -0.3 is 24.1 Å². The molecule has 0 bridgehead atoms. The molecule has 1 unspecified atom stereocenters. The van der Waals surface area contributed by atoms with Gasteiger partial charge in [-0.15, -0.1) is 0 Å². The van der Waals surface area contributed by atoms with Crippen LogP contribution in [-0.2, 0) is 28.5 Å². The van der Waals surface area contributed by atoms with Crippen molar-refractivity contribution in [3.8, 4) is 0 Å². The number of cyclic esters (lactones) is 1. The highest BCUT2D eigenvalue weighted by molar-refractivity contribution is 5.86. The van der Waals surface area contributed by atoms with Gasteiger partial charge in [-0.25, -0.2) is 9.59 Å². The minimum absolute atomic E-state index is 0.0753. The lowest BCUT2D eigenvalue weighted by Gasteiger charge is -2.32. The summed E-state index contributed by atoms with van der Waals surface area (Å²) in [5, 5.41) is 10.9. The first kappa shape index (κ1) is 16.7. The summed E-state index contributed by atoms with van der Waals surface area (Å²) in [7, 11) is 0. The molecule has 0 aromatic heterocycles. The molecule has 0 aromatic carbocycles. The second kappa shape index (κ2) is 5.07. The first-order valence-corrected chi connectivity index (χ1v) is 9.15. The summed E-state index contributed by atoms with van der Waals surface area (Å²) in [5.41, 5.74) is -3.30. The van der Waals surface area contributed by atoms with Gasteiger partial charge in [0.25, 0.3) is 0 Å². The molecule has 5 rings (SSSR count). The van der Waals surface area contributed by atoms with Crippen molar-refractivity contribution in [2.45, 2.75) is 61.7 Å². The van der Waals surface area contributed by atoms with Gasteiger partial charge in [-0.2, -0.15) is 0 Å². The molecule has 0 radical (unpaired) electrons. The van der Waals surface area contributed by atoms with Crippen molar-refractivity contribution < 1.29 is 33.6 Å². The van der Waals surface area contributed by atoms with E-state index in [1.54, 1.807) is 6.92 Å². The Balaban J connectivity index is 1.51. The third kappa shape index (κ3) is 2.10.